The quantitative estimate of drug-likeness (QED) is 0.729. The number of sulfonamides is 1. The van der Waals surface area contributed by atoms with Crippen molar-refractivity contribution in [1.82, 2.24) is 0 Å². The number of hydrogen-bond acceptors (Lipinski definition) is 2. The van der Waals surface area contributed by atoms with Crippen molar-refractivity contribution in [3.8, 4) is 0 Å². The first-order valence-electron chi connectivity index (χ1n) is 4.58. The third kappa shape index (κ3) is 4.07. The Balaban J connectivity index is 2.22. The lowest BCUT2D eigenvalue weighted by Gasteiger charge is -2.20. The molecule has 1 rings (SSSR count). The zero-order valence-electron chi connectivity index (χ0n) is 7.33. The predicted molar refractivity (Wildman–Crippen MR) is 49.2 cm³/mol. The van der Waals surface area contributed by atoms with Crippen molar-refractivity contribution in [1.29, 1.82) is 0 Å². The van der Waals surface area contributed by atoms with Gasteiger partial charge in [-0.25, -0.2) is 13.6 Å². The molecule has 0 aromatic rings. The van der Waals surface area contributed by atoms with Crippen molar-refractivity contribution in [3.63, 3.8) is 0 Å². The van der Waals surface area contributed by atoms with E-state index < -0.39 is 10.0 Å². The first-order valence-corrected chi connectivity index (χ1v) is 6.30. The summed E-state index contributed by atoms with van der Waals surface area (Å²) in [6.07, 6.45) is 6.97. The molecule has 0 aliphatic heterocycles. The Bertz CT molecular complexity index is 217. The van der Waals surface area contributed by atoms with Crippen molar-refractivity contribution in [2.24, 2.45) is 11.1 Å². The highest BCUT2D eigenvalue weighted by atomic mass is 32.2. The summed E-state index contributed by atoms with van der Waals surface area (Å²) in [4.78, 5) is 0. The topological polar surface area (TPSA) is 60.2 Å². The standard InChI is InChI=1S/C8H17NO2S/c9-12(10,11)7-6-8-4-2-1-3-5-8/h8H,1-7H2,(H2,9,10,11). The summed E-state index contributed by atoms with van der Waals surface area (Å²) in [5.41, 5.74) is 0. The summed E-state index contributed by atoms with van der Waals surface area (Å²) in [5.74, 6) is 0.773. The molecule has 0 heterocycles. The van der Waals surface area contributed by atoms with Crippen LogP contribution in [-0.2, 0) is 10.0 Å². The summed E-state index contributed by atoms with van der Waals surface area (Å²) in [7, 11) is -3.22. The third-order valence-corrected chi connectivity index (χ3v) is 3.34. The van der Waals surface area contributed by atoms with Crippen LogP contribution < -0.4 is 5.14 Å². The number of rotatable bonds is 3. The number of nitrogens with two attached hydrogens (primary N) is 1. The van der Waals surface area contributed by atoms with Crippen LogP contribution in [-0.4, -0.2) is 14.2 Å². The van der Waals surface area contributed by atoms with Crippen LogP contribution in [0.3, 0.4) is 0 Å². The van der Waals surface area contributed by atoms with E-state index in [-0.39, 0.29) is 5.75 Å². The molecule has 0 unspecified atom stereocenters. The van der Waals surface area contributed by atoms with Gasteiger partial charge in [0.25, 0.3) is 0 Å². The molecule has 1 aliphatic rings. The van der Waals surface area contributed by atoms with E-state index in [4.69, 9.17) is 5.14 Å². The fourth-order valence-corrected chi connectivity index (χ4v) is 2.47. The second-order valence-electron chi connectivity index (χ2n) is 3.66. The molecule has 0 spiro atoms. The van der Waals surface area contributed by atoms with Crippen LogP contribution in [0.2, 0.25) is 0 Å². The maximum atomic E-state index is 10.7. The highest BCUT2D eigenvalue weighted by Crippen LogP contribution is 2.26. The number of primary sulfonamides is 1. The molecular weight excluding hydrogens is 174 g/mol. The molecule has 0 saturated heterocycles. The SMILES string of the molecule is NS(=O)(=O)CCC1CCCCC1. The summed E-state index contributed by atoms with van der Waals surface area (Å²) in [6, 6.07) is 0. The van der Waals surface area contributed by atoms with E-state index in [1.165, 1.54) is 32.1 Å². The van der Waals surface area contributed by atoms with Gasteiger partial charge in [0, 0.05) is 0 Å². The first-order chi connectivity index (χ1) is 5.58. The molecule has 4 heteroatoms. The highest BCUT2D eigenvalue weighted by Gasteiger charge is 2.15. The van der Waals surface area contributed by atoms with Crippen LogP contribution >= 0.6 is 0 Å². The van der Waals surface area contributed by atoms with Crippen molar-refractivity contribution in [3.05, 3.63) is 0 Å². The molecule has 0 aromatic carbocycles. The van der Waals surface area contributed by atoms with Crippen LogP contribution in [0.4, 0.5) is 0 Å². The molecule has 3 nitrogen and oxygen atoms in total. The van der Waals surface area contributed by atoms with Gasteiger partial charge in [0.15, 0.2) is 0 Å². The monoisotopic (exact) mass is 191 g/mol. The lowest BCUT2D eigenvalue weighted by molar-refractivity contribution is 0.350. The predicted octanol–water partition coefficient (Wildman–Crippen LogP) is 1.25. The van der Waals surface area contributed by atoms with Gasteiger partial charge in [-0.3, -0.25) is 0 Å². The molecule has 1 saturated carbocycles. The van der Waals surface area contributed by atoms with Gasteiger partial charge in [0.2, 0.25) is 10.0 Å². The highest BCUT2D eigenvalue weighted by molar-refractivity contribution is 7.89. The molecular formula is C8H17NO2S. The van der Waals surface area contributed by atoms with Crippen LogP contribution in [0, 0.1) is 5.92 Å². The van der Waals surface area contributed by atoms with E-state index in [1.54, 1.807) is 0 Å². The zero-order valence-corrected chi connectivity index (χ0v) is 8.15. The fourth-order valence-electron chi connectivity index (χ4n) is 1.81. The Morgan fingerprint density at radius 3 is 2.25 bits per heavy atom. The Labute approximate surface area is 74.4 Å². The van der Waals surface area contributed by atoms with E-state index in [0.717, 1.165) is 6.42 Å². The van der Waals surface area contributed by atoms with E-state index in [0.29, 0.717) is 5.92 Å². The molecule has 0 amide bonds. The lowest BCUT2D eigenvalue weighted by Crippen LogP contribution is -2.19. The molecule has 0 bridgehead atoms. The van der Waals surface area contributed by atoms with Crippen molar-refractivity contribution < 1.29 is 8.42 Å². The molecule has 0 radical (unpaired) electrons. The Hall–Kier alpha value is -0.0900. The first kappa shape index (κ1) is 9.99. The molecule has 12 heavy (non-hydrogen) atoms. The van der Waals surface area contributed by atoms with E-state index >= 15 is 0 Å². The maximum Gasteiger partial charge on any atom is 0.209 e. The minimum Gasteiger partial charge on any atom is -0.229 e. The zero-order chi connectivity index (χ0) is 9.03. The van der Waals surface area contributed by atoms with Gasteiger partial charge < -0.3 is 0 Å². The number of hydrogen-bond donors (Lipinski definition) is 1. The second kappa shape index (κ2) is 4.23. The second-order valence-corrected chi connectivity index (χ2v) is 5.39. The minimum atomic E-state index is -3.22. The van der Waals surface area contributed by atoms with Gasteiger partial charge in [0.05, 0.1) is 5.75 Å². The summed E-state index contributed by atoms with van der Waals surface area (Å²) < 4.78 is 21.3. The van der Waals surface area contributed by atoms with Crippen molar-refractivity contribution in [2.45, 2.75) is 38.5 Å². The van der Waals surface area contributed by atoms with E-state index in [2.05, 4.69) is 0 Å². The molecule has 0 atom stereocenters. The third-order valence-electron chi connectivity index (χ3n) is 2.54. The average Bonchev–Trinajstić information content (AvgIpc) is 2.02. The van der Waals surface area contributed by atoms with Crippen LogP contribution in [0.5, 0.6) is 0 Å². The van der Waals surface area contributed by atoms with Gasteiger partial charge in [-0.15, -0.1) is 0 Å². The van der Waals surface area contributed by atoms with Gasteiger partial charge in [-0.2, -0.15) is 0 Å². The molecule has 1 aliphatic carbocycles. The van der Waals surface area contributed by atoms with Crippen LogP contribution in [0.15, 0.2) is 0 Å². The Kier molecular flexibility index (Phi) is 3.53. The Morgan fingerprint density at radius 1 is 1.17 bits per heavy atom. The minimum absolute atomic E-state index is 0.164. The average molecular weight is 191 g/mol. The molecule has 1 fully saturated rings. The largest absolute Gasteiger partial charge is 0.229 e. The van der Waals surface area contributed by atoms with E-state index in [9.17, 15) is 8.42 Å². The summed E-state index contributed by atoms with van der Waals surface area (Å²) >= 11 is 0. The van der Waals surface area contributed by atoms with Gasteiger partial charge in [-0.05, 0) is 12.3 Å². The van der Waals surface area contributed by atoms with E-state index in [1.807, 2.05) is 0 Å². The van der Waals surface area contributed by atoms with Gasteiger partial charge in [-0.1, -0.05) is 32.1 Å². The fraction of sp³-hybridized carbons (Fsp3) is 1.00. The smallest absolute Gasteiger partial charge is 0.209 e. The normalized spacial score (nSPS) is 21.1. The van der Waals surface area contributed by atoms with Crippen LogP contribution in [0.25, 0.3) is 0 Å². The van der Waals surface area contributed by atoms with Crippen LogP contribution in [0.1, 0.15) is 38.5 Å². The molecule has 72 valence electrons. The van der Waals surface area contributed by atoms with Crippen molar-refractivity contribution >= 4 is 10.0 Å². The van der Waals surface area contributed by atoms with Gasteiger partial charge >= 0.3 is 0 Å². The lowest BCUT2D eigenvalue weighted by atomic mass is 9.88. The van der Waals surface area contributed by atoms with Gasteiger partial charge in [0.1, 0.15) is 0 Å². The van der Waals surface area contributed by atoms with Crippen molar-refractivity contribution in [2.75, 3.05) is 5.75 Å². The summed E-state index contributed by atoms with van der Waals surface area (Å²) in [5, 5.41) is 4.92. The maximum absolute atomic E-state index is 10.7. The Morgan fingerprint density at radius 2 is 1.75 bits per heavy atom. The molecule has 2 N–H and O–H groups in total. The summed E-state index contributed by atoms with van der Waals surface area (Å²) in [6.45, 7) is 0. The molecule has 0 aromatic heterocycles.